The maximum absolute atomic E-state index is 11.4. The van der Waals surface area contributed by atoms with Crippen molar-refractivity contribution < 1.29 is 9.53 Å². The minimum absolute atomic E-state index is 0.159. The first-order valence-electron chi connectivity index (χ1n) is 4.57. The van der Waals surface area contributed by atoms with Crippen molar-refractivity contribution >= 4 is 28.6 Å². The molecule has 0 aromatic heterocycles. The molecule has 0 saturated carbocycles. The number of ether oxygens (including phenoxy) is 1. The number of benzene rings is 1. The van der Waals surface area contributed by atoms with Crippen LogP contribution in [0.5, 0.6) is 0 Å². The maximum Gasteiger partial charge on any atom is 0.313 e. The fourth-order valence-electron chi connectivity index (χ4n) is 1.15. The van der Waals surface area contributed by atoms with Gasteiger partial charge in [-0.15, -0.1) is 0 Å². The van der Waals surface area contributed by atoms with Crippen LogP contribution < -0.4 is 0 Å². The first-order valence-corrected chi connectivity index (χ1v) is 5.65. The van der Waals surface area contributed by atoms with Gasteiger partial charge in [0.1, 0.15) is 0 Å². The van der Waals surface area contributed by atoms with Gasteiger partial charge in [-0.2, -0.15) is 0 Å². The largest absolute Gasteiger partial charge is 0.466 e. The quantitative estimate of drug-likeness (QED) is 0.634. The normalized spacial score (nSPS) is 12.2. The highest BCUT2D eigenvalue weighted by Crippen LogP contribution is 2.17. The third-order valence-electron chi connectivity index (χ3n) is 2.01. The van der Waals surface area contributed by atoms with Crippen molar-refractivity contribution in [3.63, 3.8) is 0 Å². The lowest BCUT2D eigenvalue weighted by Gasteiger charge is -2.10. The smallest absolute Gasteiger partial charge is 0.313 e. The first-order chi connectivity index (χ1) is 6.65. The highest BCUT2D eigenvalue weighted by molar-refractivity contribution is 14.1. The Kier molecular flexibility index (Phi) is 4.38. The van der Waals surface area contributed by atoms with Crippen molar-refractivity contribution in [1.82, 2.24) is 0 Å². The van der Waals surface area contributed by atoms with Crippen LogP contribution in [0, 0.1) is 3.57 Å². The Morgan fingerprint density at radius 1 is 1.43 bits per heavy atom. The molecule has 0 radical (unpaired) electrons. The topological polar surface area (TPSA) is 26.3 Å². The van der Waals surface area contributed by atoms with Gasteiger partial charge in [0.05, 0.1) is 12.5 Å². The summed E-state index contributed by atoms with van der Waals surface area (Å²) >= 11 is 2.24. The van der Waals surface area contributed by atoms with E-state index in [0.29, 0.717) is 6.61 Å². The summed E-state index contributed by atoms with van der Waals surface area (Å²) in [7, 11) is 0. The van der Waals surface area contributed by atoms with Crippen molar-refractivity contribution in [3.05, 3.63) is 33.4 Å². The molecule has 0 saturated heterocycles. The third kappa shape index (κ3) is 2.97. The molecule has 0 bridgehead atoms. The molecule has 1 aromatic rings. The van der Waals surface area contributed by atoms with E-state index in [9.17, 15) is 4.79 Å². The number of esters is 1. The van der Waals surface area contributed by atoms with Crippen LogP contribution in [0.2, 0.25) is 0 Å². The summed E-state index contributed by atoms with van der Waals surface area (Å²) in [6, 6.07) is 7.91. The lowest BCUT2D eigenvalue weighted by molar-refractivity contribution is -0.144. The van der Waals surface area contributed by atoms with Gasteiger partial charge in [-0.1, -0.05) is 12.1 Å². The summed E-state index contributed by atoms with van der Waals surface area (Å²) in [6.45, 7) is 4.12. The zero-order valence-corrected chi connectivity index (χ0v) is 10.4. The van der Waals surface area contributed by atoms with Crippen molar-refractivity contribution in [2.45, 2.75) is 19.8 Å². The van der Waals surface area contributed by atoms with Crippen LogP contribution in [0.15, 0.2) is 24.3 Å². The standard InChI is InChI=1S/C11H13IO2/c1-3-14-11(13)8(2)9-4-6-10(12)7-5-9/h4-8H,3H2,1-2H3/t8-/m1/s1. The first kappa shape index (κ1) is 11.5. The summed E-state index contributed by atoms with van der Waals surface area (Å²) in [5, 5.41) is 0. The second-order valence-corrected chi connectivity index (χ2v) is 4.27. The predicted octanol–water partition coefficient (Wildman–Crippen LogP) is 2.96. The molecule has 1 aromatic carbocycles. The van der Waals surface area contributed by atoms with E-state index in [-0.39, 0.29) is 11.9 Å². The van der Waals surface area contributed by atoms with Crippen molar-refractivity contribution in [3.8, 4) is 0 Å². The van der Waals surface area contributed by atoms with E-state index >= 15 is 0 Å². The molecule has 0 fully saturated rings. The molecule has 1 rings (SSSR count). The molecule has 0 unspecified atom stereocenters. The molecular formula is C11H13IO2. The Bertz CT molecular complexity index is 306. The number of carbonyl (C=O) groups excluding carboxylic acids is 1. The minimum atomic E-state index is -0.174. The second kappa shape index (κ2) is 5.34. The molecule has 3 heteroatoms. The van der Waals surface area contributed by atoms with Crippen LogP contribution in [0.25, 0.3) is 0 Å². The number of hydrogen-bond acceptors (Lipinski definition) is 2. The average Bonchev–Trinajstić information content (AvgIpc) is 2.18. The van der Waals surface area contributed by atoms with E-state index in [1.807, 2.05) is 38.1 Å². The molecule has 0 spiro atoms. The molecule has 1 atom stereocenters. The molecule has 0 aliphatic heterocycles. The summed E-state index contributed by atoms with van der Waals surface area (Å²) in [5.41, 5.74) is 1.00. The highest BCUT2D eigenvalue weighted by atomic mass is 127. The molecule has 0 aliphatic carbocycles. The Hall–Kier alpha value is -0.580. The average molecular weight is 304 g/mol. The number of hydrogen-bond donors (Lipinski definition) is 0. The van der Waals surface area contributed by atoms with Crippen LogP contribution in [-0.2, 0) is 9.53 Å². The van der Waals surface area contributed by atoms with Gasteiger partial charge in [0, 0.05) is 3.57 Å². The van der Waals surface area contributed by atoms with Gasteiger partial charge in [0.15, 0.2) is 0 Å². The molecule has 0 N–H and O–H groups in total. The lowest BCUT2D eigenvalue weighted by Crippen LogP contribution is -2.12. The Balaban J connectivity index is 2.73. The second-order valence-electron chi connectivity index (χ2n) is 3.03. The molecule has 0 amide bonds. The van der Waals surface area contributed by atoms with Gasteiger partial charge in [0.25, 0.3) is 0 Å². The monoisotopic (exact) mass is 304 g/mol. The van der Waals surface area contributed by atoms with Gasteiger partial charge in [-0.25, -0.2) is 0 Å². The van der Waals surface area contributed by atoms with Crippen molar-refractivity contribution in [1.29, 1.82) is 0 Å². The van der Waals surface area contributed by atoms with Crippen LogP contribution in [-0.4, -0.2) is 12.6 Å². The van der Waals surface area contributed by atoms with Crippen LogP contribution in [0.4, 0.5) is 0 Å². The summed E-state index contributed by atoms with van der Waals surface area (Å²) in [6.07, 6.45) is 0. The van der Waals surface area contributed by atoms with E-state index in [4.69, 9.17) is 4.74 Å². The zero-order chi connectivity index (χ0) is 10.6. The van der Waals surface area contributed by atoms with Crippen molar-refractivity contribution in [2.24, 2.45) is 0 Å². The fraction of sp³-hybridized carbons (Fsp3) is 0.364. The van der Waals surface area contributed by atoms with Gasteiger partial charge in [0.2, 0.25) is 0 Å². The lowest BCUT2D eigenvalue weighted by atomic mass is 10.0. The van der Waals surface area contributed by atoms with Crippen LogP contribution in [0.1, 0.15) is 25.3 Å². The fourth-order valence-corrected chi connectivity index (χ4v) is 1.51. The molecule has 14 heavy (non-hydrogen) atoms. The number of carbonyl (C=O) groups is 1. The number of halogens is 1. The molecule has 0 heterocycles. The van der Waals surface area contributed by atoms with E-state index in [0.717, 1.165) is 5.56 Å². The third-order valence-corrected chi connectivity index (χ3v) is 2.73. The van der Waals surface area contributed by atoms with E-state index in [2.05, 4.69) is 22.6 Å². The highest BCUT2D eigenvalue weighted by Gasteiger charge is 2.15. The number of rotatable bonds is 3. The molecule has 0 aliphatic rings. The van der Waals surface area contributed by atoms with E-state index in [1.54, 1.807) is 0 Å². The zero-order valence-electron chi connectivity index (χ0n) is 8.29. The van der Waals surface area contributed by atoms with E-state index in [1.165, 1.54) is 3.57 Å². The van der Waals surface area contributed by atoms with Crippen LogP contribution in [0.3, 0.4) is 0 Å². The molecule has 76 valence electrons. The van der Waals surface area contributed by atoms with Gasteiger partial charge in [-0.3, -0.25) is 4.79 Å². The summed E-state index contributed by atoms with van der Waals surface area (Å²) < 4.78 is 6.12. The predicted molar refractivity (Wildman–Crippen MR) is 64.2 cm³/mol. The Morgan fingerprint density at radius 3 is 2.50 bits per heavy atom. The Morgan fingerprint density at radius 2 is 2.00 bits per heavy atom. The minimum Gasteiger partial charge on any atom is -0.466 e. The van der Waals surface area contributed by atoms with Crippen molar-refractivity contribution in [2.75, 3.05) is 6.61 Å². The van der Waals surface area contributed by atoms with Gasteiger partial charge in [-0.05, 0) is 54.1 Å². The molecule has 2 nitrogen and oxygen atoms in total. The maximum atomic E-state index is 11.4. The van der Waals surface area contributed by atoms with Crippen LogP contribution >= 0.6 is 22.6 Å². The SMILES string of the molecule is CCOC(=O)[C@H](C)c1ccc(I)cc1. The summed E-state index contributed by atoms with van der Waals surface area (Å²) in [4.78, 5) is 11.4. The molecular weight excluding hydrogens is 291 g/mol. The van der Waals surface area contributed by atoms with Gasteiger partial charge >= 0.3 is 5.97 Å². The van der Waals surface area contributed by atoms with E-state index < -0.39 is 0 Å². The van der Waals surface area contributed by atoms with Gasteiger partial charge < -0.3 is 4.74 Å². The Labute approximate surface area is 97.8 Å². The summed E-state index contributed by atoms with van der Waals surface area (Å²) in [5.74, 6) is -0.333.